The van der Waals surface area contributed by atoms with Crippen molar-refractivity contribution < 1.29 is 18.3 Å². The van der Waals surface area contributed by atoms with E-state index in [1.54, 1.807) is 0 Å². The highest BCUT2D eigenvalue weighted by Crippen LogP contribution is 2.27. The van der Waals surface area contributed by atoms with Gasteiger partial charge in [-0.25, -0.2) is 13.2 Å². The molecule has 1 saturated carbocycles. The molecule has 0 aliphatic heterocycles. The third-order valence-electron chi connectivity index (χ3n) is 3.15. The Morgan fingerprint density at radius 2 is 2.11 bits per heavy atom. The molecule has 8 heteroatoms. The van der Waals surface area contributed by atoms with Crippen molar-refractivity contribution in [1.82, 2.24) is 9.78 Å². The number of hydrogen-bond donors (Lipinski definition) is 2. The minimum Gasteiger partial charge on any atom is -0.477 e. The van der Waals surface area contributed by atoms with Crippen molar-refractivity contribution in [3.05, 3.63) is 11.8 Å². The minimum atomic E-state index is -3.54. The van der Waals surface area contributed by atoms with E-state index in [0.717, 1.165) is 19.0 Å². The molecular formula is C10H15N3O4S. The largest absolute Gasteiger partial charge is 0.477 e. The molecule has 0 amide bonds. The maximum atomic E-state index is 12.1. The van der Waals surface area contributed by atoms with Crippen LogP contribution in [-0.2, 0) is 17.1 Å². The number of hydrogen-bond acceptors (Lipinski definition) is 4. The second-order valence-electron chi connectivity index (χ2n) is 4.39. The van der Waals surface area contributed by atoms with Crippen LogP contribution in [0.4, 0.5) is 5.82 Å². The van der Waals surface area contributed by atoms with Crippen LogP contribution in [0.25, 0.3) is 0 Å². The van der Waals surface area contributed by atoms with E-state index in [4.69, 9.17) is 5.11 Å². The standard InChI is InChI=1S/C10H15N3O4S/c1-13-9(8(6-11-13)10(14)15)12-18(16,17)7-4-2-3-5-7/h6-7,12H,2-5H2,1H3,(H,14,15). The third-order valence-corrected chi connectivity index (χ3v) is 4.98. The number of carbonyl (C=O) groups is 1. The lowest BCUT2D eigenvalue weighted by atomic mass is 10.3. The molecule has 1 heterocycles. The van der Waals surface area contributed by atoms with Gasteiger partial charge in [0.25, 0.3) is 0 Å². The minimum absolute atomic E-state index is 0.00870. The molecule has 1 aromatic rings. The normalized spacial score (nSPS) is 16.9. The quantitative estimate of drug-likeness (QED) is 0.845. The van der Waals surface area contributed by atoms with E-state index >= 15 is 0 Å². The van der Waals surface area contributed by atoms with Gasteiger partial charge in [-0.3, -0.25) is 9.40 Å². The van der Waals surface area contributed by atoms with Gasteiger partial charge in [0.2, 0.25) is 10.0 Å². The summed E-state index contributed by atoms with van der Waals surface area (Å²) in [4.78, 5) is 11.0. The van der Waals surface area contributed by atoms with Crippen LogP contribution in [-0.4, -0.2) is 34.5 Å². The zero-order valence-electron chi connectivity index (χ0n) is 9.96. The van der Waals surface area contributed by atoms with Crippen molar-refractivity contribution in [2.75, 3.05) is 4.72 Å². The molecule has 18 heavy (non-hydrogen) atoms. The summed E-state index contributed by atoms with van der Waals surface area (Å²) in [5, 5.41) is 12.3. The lowest BCUT2D eigenvalue weighted by Crippen LogP contribution is -2.27. The highest BCUT2D eigenvalue weighted by atomic mass is 32.2. The summed E-state index contributed by atoms with van der Waals surface area (Å²) in [6.07, 6.45) is 4.16. The van der Waals surface area contributed by atoms with Crippen molar-refractivity contribution in [2.24, 2.45) is 7.05 Å². The number of carboxylic acids is 1. The van der Waals surface area contributed by atoms with E-state index < -0.39 is 21.2 Å². The molecular weight excluding hydrogens is 258 g/mol. The van der Waals surface area contributed by atoms with E-state index in [9.17, 15) is 13.2 Å². The van der Waals surface area contributed by atoms with Crippen LogP contribution >= 0.6 is 0 Å². The average molecular weight is 273 g/mol. The fourth-order valence-electron chi connectivity index (χ4n) is 2.13. The Hall–Kier alpha value is -1.57. The molecule has 1 aromatic heterocycles. The Morgan fingerprint density at radius 1 is 1.50 bits per heavy atom. The van der Waals surface area contributed by atoms with Gasteiger partial charge in [0, 0.05) is 7.05 Å². The molecule has 1 aliphatic carbocycles. The molecule has 0 radical (unpaired) electrons. The topological polar surface area (TPSA) is 101 Å². The summed E-state index contributed by atoms with van der Waals surface area (Å²) in [7, 11) is -2.04. The summed E-state index contributed by atoms with van der Waals surface area (Å²) in [6.45, 7) is 0. The third kappa shape index (κ3) is 2.33. The van der Waals surface area contributed by atoms with Crippen molar-refractivity contribution in [1.29, 1.82) is 0 Å². The van der Waals surface area contributed by atoms with Crippen LogP contribution in [0.5, 0.6) is 0 Å². The molecule has 0 saturated heterocycles. The molecule has 1 aliphatic rings. The summed E-state index contributed by atoms with van der Waals surface area (Å²) in [5.74, 6) is -1.19. The average Bonchev–Trinajstić information content (AvgIpc) is 2.89. The molecule has 0 aromatic carbocycles. The molecule has 1 fully saturated rings. The van der Waals surface area contributed by atoms with Gasteiger partial charge in [-0.1, -0.05) is 12.8 Å². The zero-order valence-corrected chi connectivity index (χ0v) is 10.8. The Balaban J connectivity index is 2.28. The first-order valence-corrected chi connectivity index (χ1v) is 7.23. The molecule has 7 nitrogen and oxygen atoms in total. The van der Waals surface area contributed by atoms with E-state index in [0.29, 0.717) is 12.8 Å². The lowest BCUT2D eigenvalue weighted by molar-refractivity contribution is 0.0698. The summed E-state index contributed by atoms with van der Waals surface area (Å²) >= 11 is 0. The van der Waals surface area contributed by atoms with Gasteiger partial charge in [0.1, 0.15) is 5.56 Å². The highest BCUT2D eigenvalue weighted by Gasteiger charge is 2.30. The number of aromatic carboxylic acids is 1. The van der Waals surface area contributed by atoms with E-state index in [2.05, 4.69) is 9.82 Å². The first-order valence-electron chi connectivity index (χ1n) is 5.69. The fourth-order valence-corrected chi connectivity index (χ4v) is 3.76. The maximum Gasteiger partial charge on any atom is 0.341 e. The number of carboxylic acid groups (broad SMARTS) is 1. The predicted molar refractivity (Wildman–Crippen MR) is 65.0 cm³/mol. The molecule has 0 bridgehead atoms. The van der Waals surface area contributed by atoms with Gasteiger partial charge >= 0.3 is 5.97 Å². The monoisotopic (exact) mass is 273 g/mol. The van der Waals surface area contributed by atoms with Crippen molar-refractivity contribution in [3.63, 3.8) is 0 Å². The Bertz CT molecular complexity index is 558. The molecule has 0 atom stereocenters. The summed E-state index contributed by atoms with van der Waals surface area (Å²) in [5.41, 5.74) is -0.140. The number of aryl methyl sites for hydroxylation is 1. The van der Waals surface area contributed by atoms with Gasteiger partial charge in [0.05, 0.1) is 11.4 Å². The van der Waals surface area contributed by atoms with Crippen molar-refractivity contribution in [2.45, 2.75) is 30.9 Å². The zero-order chi connectivity index (χ0) is 13.3. The Labute approximate surface area is 105 Å². The number of sulfonamides is 1. The first-order chi connectivity index (χ1) is 8.42. The number of anilines is 1. The van der Waals surface area contributed by atoms with Crippen molar-refractivity contribution in [3.8, 4) is 0 Å². The van der Waals surface area contributed by atoms with Crippen LogP contribution in [0.3, 0.4) is 0 Å². The van der Waals surface area contributed by atoms with Gasteiger partial charge in [-0.15, -0.1) is 0 Å². The van der Waals surface area contributed by atoms with Crippen LogP contribution in [0.1, 0.15) is 36.0 Å². The summed E-state index contributed by atoms with van der Waals surface area (Å²) < 4.78 is 27.7. The fraction of sp³-hybridized carbons (Fsp3) is 0.600. The molecule has 2 N–H and O–H groups in total. The molecule has 0 spiro atoms. The Morgan fingerprint density at radius 3 is 2.67 bits per heavy atom. The lowest BCUT2D eigenvalue weighted by Gasteiger charge is -2.13. The second kappa shape index (κ2) is 4.60. The van der Waals surface area contributed by atoms with E-state index in [1.165, 1.54) is 11.7 Å². The van der Waals surface area contributed by atoms with Gasteiger partial charge in [-0.2, -0.15) is 5.10 Å². The molecule has 0 unspecified atom stereocenters. The molecule has 2 rings (SSSR count). The van der Waals surface area contributed by atoms with Gasteiger partial charge in [-0.05, 0) is 12.8 Å². The van der Waals surface area contributed by atoms with Crippen LogP contribution in [0.2, 0.25) is 0 Å². The maximum absolute atomic E-state index is 12.1. The predicted octanol–water partition coefficient (Wildman–Crippen LogP) is 0.803. The van der Waals surface area contributed by atoms with Gasteiger partial charge in [0.15, 0.2) is 5.82 Å². The second-order valence-corrected chi connectivity index (χ2v) is 6.35. The highest BCUT2D eigenvalue weighted by molar-refractivity contribution is 7.93. The smallest absolute Gasteiger partial charge is 0.341 e. The van der Waals surface area contributed by atoms with Gasteiger partial charge < -0.3 is 5.11 Å². The number of aromatic nitrogens is 2. The van der Waals surface area contributed by atoms with Crippen molar-refractivity contribution >= 4 is 21.8 Å². The Kier molecular flexibility index (Phi) is 3.29. The van der Waals surface area contributed by atoms with E-state index in [1.807, 2.05) is 0 Å². The number of nitrogens with one attached hydrogen (secondary N) is 1. The first kappa shape index (κ1) is 12.9. The summed E-state index contributed by atoms with van der Waals surface area (Å²) in [6, 6.07) is 0. The molecule has 100 valence electrons. The van der Waals surface area contributed by atoms with Crippen LogP contribution < -0.4 is 4.72 Å². The number of nitrogens with zero attached hydrogens (tertiary/aromatic N) is 2. The van der Waals surface area contributed by atoms with Crippen LogP contribution in [0, 0.1) is 0 Å². The number of rotatable bonds is 4. The SMILES string of the molecule is Cn1ncc(C(=O)O)c1NS(=O)(=O)C1CCCC1. The van der Waals surface area contributed by atoms with E-state index in [-0.39, 0.29) is 11.4 Å². The van der Waals surface area contributed by atoms with Crippen LogP contribution in [0.15, 0.2) is 6.20 Å².